The highest BCUT2D eigenvalue weighted by Gasteiger charge is 2.12. The lowest BCUT2D eigenvalue weighted by atomic mass is 10.0. The van der Waals surface area contributed by atoms with Gasteiger partial charge < -0.3 is 14.6 Å². The Labute approximate surface area is 269 Å². The molecule has 0 aromatic heterocycles. The highest BCUT2D eigenvalue weighted by Crippen LogP contribution is 2.13. The third kappa shape index (κ3) is 32.4. The van der Waals surface area contributed by atoms with Gasteiger partial charge in [-0.2, -0.15) is 0 Å². The molecule has 0 unspecified atom stereocenters. The number of aliphatic hydroxyl groups is 1. The van der Waals surface area contributed by atoms with Crippen LogP contribution in [-0.2, 0) is 23.9 Å². The van der Waals surface area contributed by atoms with Crippen LogP contribution in [0.3, 0.4) is 0 Å². The Morgan fingerprint density at radius 1 is 0.614 bits per heavy atom. The smallest absolute Gasteiger partial charge is 0.305 e. The van der Waals surface area contributed by atoms with E-state index in [-0.39, 0.29) is 37.8 Å². The van der Waals surface area contributed by atoms with Crippen LogP contribution in [0.15, 0.2) is 48.6 Å². The normalized spacial score (nSPS) is 12.8. The number of carbonyl (C=O) groups excluding carboxylic acids is 3. The second kappa shape index (κ2) is 31.9. The van der Waals surface area contributed by atoms with Crippen LogP contribution in [0, 0.1) is 5.92 Å². The minimum absolute atomic E-state index is 0.0503. The number of unbranched alkanes of at least 4 members (excludes halogenated alkanes) is 11. The molecule has 1 atom stereocenters. The molecule has 0 aliphatic rings. The molecule has 0 saturated carbocycles. The zero-order valence-corrected chi connectivity index (χ0v) is 28.3. The molecular formula is C38H64O6. The van der Waals surface area contributed by atoms with Gasteiger partial charge in [-0.15, -0.1) is 0 Å². The van der Waals surface area contributed by atoms with E-state index < -0.39 is 12.1 Å². The zero-order chi connectivity index (χ0) is 32.5. The summed E-state index contributed by atoms with van der Waals surface area (Å²) in [4.78, 5) is 35.8. The number of rotatable bonds is 30. The van der Waals surface area contributed by atoms with Crippen molar-refractivity contribution in [3.8, 4) is 0 Å². The topological polar surface area (TPSA) is 89.9 Å². The van der Waals surface area contributed by atoms with Crippen molar-refractivity contribution in [3.05, 3.63) is 48.6 Å². The summed E-state index contributed by atoms with van der Waals surface area (Å²) in [6.45, 7) is 6.35. The SMILES string of the molecule is CCCCC/C=C\C/C=C\C/C=C\C=C\C(=O)CCCC(=O)OC[C@H](O)COC(=O)CCCCCCCCCCCC(C)C. The fraction of sp³-hybridized carbons (Fsp3) is 0.711. The van der Waals surface area contributed by atoms with E-state index in [4.69, 9.17) is 9.47 Å². The summed E-state index contributed by atoms with van der Waals surface area (Å²) in [7, 11) is 0. The highest BCUT2D eigenvalue weighted by atomic mass is 16.6. The molecule has 0 saturated heterocycles. The summed E-state index contributed by atoms with van der Waals surface area (Å²) in [5.74, 6) is -0.0608. The average molecular weight is 617 g/mol. The van der Waals surface area contributed by atoms with E-state index in [1.54, 1.807) is 6.08 Å². The maximum atomic E-state index is 12.0. The summed E-state index contributed by atoms with van der Waals surface area (Å²) in [5, 5.41) is 9.95. The standard InChI is InChI=1S/C38H64O6/c1-4-5-6-7-8-9-10-11-12-15-18-21-24-28-35(39)29-26-31-38(42)44-33-36(40)32-43-37(41)30-25-22-19-16-13-14-17-20-23-27-34(2)3/h8-9,11-12,18,21,24,28,34,36,40H,4-7,10,13-17,19-20,22-23,25-27,29-33H2,1-3H3/b9-8-,12-11-,21-18-,28-24+/t36-/m1/s1. The van der Waals surface area contributed by atoms with Crippen LogP contribution in [0.2, 0.25) is 0 Å². The molecule has 0 amide bonds. The lowest BCUT2D eigenvalue weighted by Gasteiger charge is -2.12. The molecule has 0 aromatic carbocycles. The molecule has 1 N–H and O–H groups in total. The van der Waals surface area contributed by atoms with Crippen molar-refractivity contribution in [1.29, 1.82) is 0 Å². The molecule has 0 aromatic rings. The lowest BCUT2D eigenvalue weighted by Crippen LogP contribution is -2.25. The van der Waals surface area contributed by atoms with Gasteiger partial charge in [0.25, 0.3) is 0 Å². The second-order valence-electron chi connectivity index (χ2n) is 12.2. The van der Waals surface area contributed by atoms with E-state index in [0.29, 0.717) is 12.8 Å². The molecular weight excluding hydrogens is 552 g/mol. The lowest BCUT2D eigenvalue weighted by molar-refractivity contribution is -0.152. The zero-order valence-electron chi connectivity index (χ0n) is 28.3. The van der Waals surface area contributed by atoms with Crippen molar-refractivity contribution >= 4 is 17.7 Å². The molecule has 0 spiro atoms. The fourth-order valence-electron chi connectivity index (χ4n) is 4.52. The number of ether oxygens (including phenoxy) is 2. The average Bonchev–Trinajstić information content (AvgIpc) is 2.99. The maximum absolute atomic E-state index is 12.0. The number of allylic oxidation sites excluding steroid dienone is 8. The van der Waals surface area contributed by atoms with Crippen LogP contribution in [-0.4, -0.2) is 42.1 Å². The van der Waals surface area contributed by atoms with Crippen molar-refractivity contribution in [2.45, 2.75) is 155 Å². The Balaban J connectivity index is 3.69. The highest BCUT2D eigenvalue weighted by molar-refractivity contribution is 5.90. The van der Waals surface area contributed by atoms with Gasteiger partial charge in [0.2, 0.25) is 0 Å². The minimum Gasteiger partial charge on any atom is -0.463 e. The molecule has 0 aliphatic carbocycles. The maximum Gasteiger partial charge on any atom is 0.305 e. The van der Waals surface area contributed by atoms with E-state index in [9.17, 15) is 19.5 Å². The molecule has 44 heavy (non-hydrogen) atoms. The van der Waals surface area contributed by atoms with Crippen molar-refractivity contribution in [1.82, 2.24) is 0 Å². The van der Waals surface area contributed by atoms with Crippen molar-refractivity contribution in [2.24, 2.45) is 5.92 Å². The summed E-state index contributed by atoms with van der Waals surface area (Å²) in [6.07, 6.45) is 34.5. The number of esters is 2. The number of ketones is 1. The van der Waals surface area contributed by atoms with E-state index in [2.05, 4.69) is 45.1 Å². The van der Waals surface area contributed by atoms with E-state index >= 15 is 0 Å². The third-order valence-electron chi connectivity index (χ3n) is 7.22. The van der Waals surface area contributed by atoms with Gasteiger partial charge in [0, 0.05) is 19.3 Å². The summed E-state index contributed by atoms with van der Waals surface area (Å²) < 4.78 is 10.1. The van der Waals surface area contributed by atoms with Gasteiger partial charge in [-0.25, -0.2) is 0 Å². The molecule has 6 nitrogen and oxygen atoms in total. The van der Waals surface area contributed by atoms with Crippen LogP contribution >= 0.6 is 0 Å². The Hall–Kier alpha value is -2.47. The molecule has 0 rings (SSSR count). The van der Waals surface area contributed by atoms with Gasteiger partial charge in [-0.1, -0.05) is 134 Å². The summed E-state index contributed by atoms with van der Waals surface area (Å²) in [6, 6.07) is 0. The number of hydrogen-bond donors (Lipinski definition) is 1. The first-order valence-corrected chi connectivity index (χ1v) is 17.5. The quantitative estimate of drug-likeness (QED) is 0.0284. The monoisotopic (exact) mass is 616 g/mol. The first-order chi connectivity index (χ1) is 21.3. The summed E-state index contributed by atoms with van der Waals surface area (Å²) in [5.41, 5.74) is 0. The van der Waals surface area contributed by atoms with Crippen molar-refractivity contribution < 1.29 is 29.0 Å². The molecule has 0 radical (unpaired) electrons. The van der Waals surface area contributed by atoms with Crippen molar-refractivity contribution in [2.75, 3.05) is 13.2 Å². The van der Waals surface area contributed by atoms with Gasteiger partial charge in [-0.05, 0) is 50.5 Å². The van der Waals surface area contributed by atoms with Crippen LogP contribution in [0.4, 0.5) is 0 Å². The minimum atomic E-state index is -1.05. The predicted octanol–water partition coefficient (Wildman–Crippen LogP) is 9.71. The Kier molecular flexibility index (Phi) is 30.1. The molecule has 0 fully saturated rings. The fourth-order valence-corrected chi connectivity index (χ4v) is 4.52. The molecule has 252 valence electrons. The Bertz CT molecular complexity index is 823. The van der Waals surface area contributed by atoms with Crippen LogP contribution < -0.4 is 0 Å². The predicted molar refractivity (Wildman–Crippen MR) is 182 cm³/mol. The first-order valence-electron chi connectivity index (χ1n) is 17.5. The van der Waals surface area contributed by atoms with Crippen LogP contribution in [0.1, 0.15) is 149 Å². The molecule has 0 bridgehead atoms. The summed E-state index contributed by atoms with van der Waals surface area (Å²) >= 11 is 0. The second-order valence-corrected chi connectivity index (χ2v) is 12.2. The van der Waals surface area contributed by atoms with E-state index in [0.717, 1.165) is 44.4 Å². The van der Waals surface area contributed by atoms with Gasteiger partial charge in [0.05, 0.1) is 0 Å². The van der Waals surface area contributed by atoms with Crippen molar-refractivity contribution in [3.63, 3.8) is 0 Å². The van der Waals surface area contributed by atoms with Gasteiger partial charge in [0.1, 0.15) is 19.3 Å². The van der Waals surface area contributed by atoms with Gasteiger partial charge in [-0.3, -0.25) is 14.4 Å². The van der Waals surface area contributed by atoms with Gasteiger partial charge >= 0.3 is 11.9 Å². The third-order valence-corrected chi connectivity index (χ3v) is 7.22. The van der Waals surface area contributed by atoms with Crippen LogP contribution in [0.5, 0.6) is 0 Å². The Morgan fingerprint density at radius 2 is 1.16 bits per heavy atom. The number of carbonyl (C=O) groups is 3. The molecule has 0 aliphatic heterocycles. The molecule has 6 heteroatoms. The number of aliphatic hydroxyl groups excluding tert-OH is 1. The van der Waals surface area contributed by atoms with Gasteiger partial charge in [0.15, 0.2) is 5.78 Å². The van der Waals surface area contributed by atoms with Crippen LogP contribution in [0.25, 0.3) is 0 Å². The molecule has 0 heterocycles. The number of hydrogen-bond acceptors (Lipinski definition) is 6. The first kappa shape index (κ1) is 41.5. The van der Waals surface area contributed by atoms with E-state index in [1.807, 2.05) is 12.2 Å². The van der Waals surface area contributed by atoms with E-state index in [1.165, 1.54) is 70.3 Å². The Morgan fingerprint density at radius 3 is 1.77 bits per heavy atom. The largest absolute Gasteiger partial charge is 0.463 e.